The van der Waals surface area contributed by atoms with Crippen LogP contribution in [0.5, 0.6) is 0 Å². The smallest absolute Gasteiger partial charge is 0.000332 e. The molecule has 0 saturated carbocycles. The molecule has 1 N–H and O–H groups in total. The van der Waals surface area contributed by atoms with Crippen molar-refractivity contribution in [3.63, 3.8) is 0 Å². The largest absolute Gasteiger partial charge is 0.316 e. The molecule has 0 aliphatic carbocycles. The van der Waals surface area contributed by atoms with E-state index in [9.17, 15) is 0 Å². The SMILES string of the molecule is c1ccc(P2Cc3ccccc3[P@@](c3ccccc3)CCNCC[P@](c3ccccc3)c3ccccc3C2)cc1. The molecule has 0 fully saturated rings. The van der Waals surface area contributed by atoms with Gasteiger partial charge in [0.05, 0.1) is 0 Å². The quantitative estimate of drug-likeness (QED) is 0.237. The van der Waals surface area contributed by atoms with Crippen LogP contribution in [-0.2, 0) is 12.3 Å². The summed E-state index contributed by atoms with van der Waals surface area (Å²) >= 11 is 0. The molecule has 1 aliphatic heterocycles. The van der Waals surface area contributed by atoms with E-state index in [4.69, 9.17) is 0 Å². The molecular formula is C36H36NP3. The average molecular weight is 576 g/mol. The monoisotopic (exact) mass is 575 g/mol. The number of benzene rings is 5. The van der Waals surface area contributed by atoms with E-state index >= 15 is 0 Å². The van der Waals surface area contributed by atoms with Gasteiger partial charge in [-0.3, -0.25) is 0 Å². The van der Waals surface area contributed by atoms with E-state index in [1.807, 2.05) is 0 Å². The summed E-state index contributed by atoms with van der Waals surface area (Å²) in [7, 11) is -1.29. The first-order chi connectivity index (χ1) is 19.9. The van der Waals surface area contributed by atoms with Crippen LogP contribution in [0.25, 0.3) is 0 Å². The Kier molecular flexibility index (Phi) is 9.50. The Hall–Kier alpha value is -2.65. The molecule has 1 aliphatic rings. The second-order valence-corrected chi connectivity index (χ2v) is 17.0. The lowest BCUT2D eigenvalue weighted by Crippen LogP contribution is -2.29. The third kappa shape index (κ3) is 6.62. The summed E-state index contributed by atoms with van der Waals surface area (Å²) in [5.41, 5.74) is 3.07. The first kappa shape index (κ1) is 27.5. The van der Waals surface area contributed by atoms with Crippen LogP contribution in [0.4, 0.5) is 0 Å². The topological polar surface area (TPSA) is 12.0 Å². The fraction of sp³-hybridized carbons (Fsp3) is 0.167. The zero-order valence-electron chi connectivity index (χ0n) is 22.9. The minimum Gasteiger partial charge on any atom is -0.316 e. The molecule has 0 aromatic heterocycles. The van der Waals surface area contributed by atoms with Crippen LogP contribution in [0.2, 0.25) is 0 Å². The molecule has 0 unspecified atom stereocenters. The molecule has 6 rings (SSSR count). The van der Waals surface area contributed by atoms with Gasteiger partial charge < -0.3 is 5.32 Å². The lowest BCUT2D eigenvalue weighted by molar-refractivity contribution is 0.771. The molecule has 5 aromatic carbocycles. The number of nitrogens with one attached hydrogen (secondary N) is 1. The zero-order chi connectivity index (χ0) is 27.0. The Morgan fingerprint density at radius 3 is 1.23 bits per heavy atom. The van der Waals surface area contributed by atoms with Crippen molar-refractivity contribution in [2.45, 2.75) is 12.3 Å². The van der Waals surface area contributed by atoms with Gasteiger partial charge >= 0.3 is 0 Å². The molecule has 4 heteroatoms. The molecular weight excluding hydrogens is 539 g/mol. The molecule has 2 atom stereocenters. The minimum atomic E-state index is -0.433. The highest BCUT2D eigenvalue weighted by Gasteiger charge is 2.23. The van der Waals surface area contributed by atoms with Crippen molar-refractivity contribution in [2.24, 2.45) is 0 Å². The van der Waals surface area contributed by atoms with Gasteiger partial charge in [0.2, 0.25) is 0 Å². The van der Waals surface area contributed by atoms with E-state index in [-0.39, 0.29) is 0 Å². The van der Waals surface area contributed by atoms with E-state index in [0.717, 1.165) is 25.4 Å². The molecule has 0 spiro atoms. The second-order valence-electron chi connectivity index (χ2n) is 10.2. The van der Waals surface area contributed by atoms with Crippen LogP contribution >= 0.6 is 23.8 Å². The van der Waals surface area contributed by atoms with Gasteiger partial charge in [-0.25, -0.2) is 0 Å². The summed E-state index contributed by atoms with van der Waals surface area (Å²) < 4.78 is 0. The number of hydrogen-bond acceptors (Lipinski definition) is 1. The first-order valence-electron chi connectivity index (χ1n) is 14.2. The maximum atomic E-state index is 3.87. The summed E-state index contributed by atoms with van der Waals surface area (Å²) in [6, 6.07) is 52.5. The summed E-state index contributed by atoms with van der Waals surface area (Å²) in [6.45, 7) is 2.09. The van der Waals surface area contributed by atoms with Gasteiger partial charge in [0.1, 0.15) is 0 Å². The molecule has 1 heterocycles. The highest BCUT2D eigenvalue weighted by Crippen LogP contribution is 2.46. The summed E-state index contributed by atoms with van der Waals surface area (Å²) in [5, 5.41) is 11.5. The maximum absolute atomic E-state index is 3.87. The van der Waals surface area contributed by atoms with Gasteiger partial charge in [-0.05, 0) is 91.2 Å². The van der Waals surface area contributed by atoms with Gasteiger partial charge in [0.25, 0.3) is 0 Å². The predicted octanol–water partition coefficient (Wildman–Crippen LogP) is 6.66. The fourth-order valence-electron chi connectivity index (χ4n) is 5.60. The summed E-state index contributed by atoms with van der Waals surface area (Å²) in [6.07, 6.45) is 4.57. The standard InChI is InChI=1S/C36H36NP3/c1-4-16-32(17-5-1)38-28-30-14-10-12-22-35(30)39(33-18-6-2-7-19-33)26-24-37-25-27-40(34-20-8-3-9-21-34)36-23-13-11-15-31(36)29-38/h1-23,37H,24-29H2/t39-,40-/m1/s1. The van der Waals surface area contributed by atoms with Crippen molar-refractivity contribution < 1.29 is 0 Å². The van der Waals surface area contributed by atoms with E-state index < -0.39 is 23.8 Å². The van der Waals surface area contributed by atoms with Crippen molar-refractivity contribution in [3.8, 4) is 0 Å². The molecule has 0 bridgehead atoms. The van der Waals surface area contributed by atoms with Crippen molar-refractivity contribution in [1.82, 2.24) is 5.32 Å². The molecule has 0 saturated heterocycles. The normalized spacial score (nSPS) is 18.7. The van der Waals surface area contributed by atoms with E-state index in [2.05, 4.69) is 145 Å². The Balaban J connectivity index is 1.46. The lowest BCUT2D eigenvalue weighted by Gasteiger charge is -2.28. The van der Waals surface area contributed by atoms with Crippen LogP contribution in [0, 0.1) is 0 Å². The summed E-state index contributed by atoms with van der Waals surface area (Å²) in [4.78, 5) is 0. The highest BCUT2D eigenvalue weighted by molar-refractivity contribution is 7.73. The van der Waals surface area contributed by atoms with Crippen molar-refractivity contribution in [2.75, 3.05) is 25.4 Å². The summed E-state index contributed by atoms with van der Waals surface area (Å²) in [5.74, 6) is 0. The first-order valence-corrected chi connectivity index (χ1v) is 18.9. The number of fused-ring (bicyclic) bond motifs is 2. The van der Waals surface area contributed by atoms with Crippen LogP contribution in [-0.4, -0.2) is 25.4 Å². The fourth-order valence-corrected chi connectivity index (χ4v) is 13.2. The van der Waals surface area contributed by atoms with Gasteiger partial charge in [-0.15, -0.1) is 0 Å². The molecule has 200 valence electrons. The third-order valence-electron chi connectivity index (χ3n) is 7.57. The van der Waals surface area contributed by atoms with E-state index in [0.29, 0.717) is 0 Å². The molecule has 5 aromatic rings. The minimum absolute atomic E-state index is 0.419. The van der Waals surface area contributed by atoms with Crippen molar-refractivity contribution in [3.05, 3.63) is 151 Å². The molecule has 0 radical (unpaired) electrons. The lowest BCUT2D eigenvalue weighted by atomic mass is 10.2. The van der Waals surface area contributed by atoms with Gasteiger partial charge in [-0.2, -0.15) is 0 Å². The Morgan fingerprint density at radius 1 is 0.400 bits per heavy atom. The Labute approximate surface area is 243 Å². The molecule has 0 amide bonds. The number of hydrogen-bond donors (Lipinski definition) is 1. The van der Waals surface area contributed by atoms with Gasteiger partial charge in [0, 0.05) is 0 Å². The third-order valence-corrected chi connectivity index (χ3v) is 15.3. The van der Waals surface area contributed by atoms with Crippen molar-refractivity contribution in [1.29, 1.82) is 0 Å². The van der Waals surface area contributed by atoms with Gasteiger partial charge in [-0.1, -0.05) is 147 Å². The van der Waals surface area contributed by atoms with Crippen LogP contribution < -0.4 is 31.8 Å². The van der Waals surface area contributed by atoms with E-state index in [1.165, 1.54) is 39.4 Å². The van der Waals surface area contributed by atoms with Crippen LogP contribution in [0.3, 0.4) is 0 Å². The van der Waals surface area contributed by atoms with Crippen LogP contribution in [0.1, 0.15) is 11.1 Å². The zero-order valence-corrected chi connectivity index (χ0v) is 25.5. The molecule has 40 heavy (non-hydrogen) atoms. The van der Waals surface area contributed by atoms with E-state index in [1.54, 1.807) is 10.6 Å². The van der Waals surface area contributed by atoms with Crippen molar-refractivity contribution >= 4 is 50.3 Å². The number of rotatable bonds is 3. The van der Waals surface area contributed by atoms with Gasteiger partial charge in [0.15, 0.2) is 0 Å². The Bertz CT molecular complexity index is 1400. The maximum Gasteiger partial charge on any atom is -0.000332 e. The Morgan fingerprint density at radius 2 is 0.775 bits per heavy atom. The average Bonchev–Trinajstić information content (AvgIpc) is 3.02. The predicted molar refractivity (Wildman–Crippen MR) is 181 cm³/mol. The van der Waals surface area contributed by atoms with Crippen LogP contribution in [0.15, 0.2) is 140 Å². The second kappa shape index (κ2) is 13.8. The molecule has 1 nitrogen and oxygen atoms in total. The highest BCUT2D eigenvalue weighted by atomic mass is 31.1.